The summed E-state index contributed by atoms with van der Waals surface area (Å²) < 4.78 is 31.8. The molecule has 0 atom stereocenters. The fourth-order valence-electron chi connectivity index (χ4n) is 2.78. The molecule has 0 spiro atoms. The summed E-state index contributed by atoms with van der Waals surface area (Å²) in [5.41, 5.74) is 2.71. The summed E-state index contributed by atoms with van der Waals surface area (Å²) in [6, 6.07) is 5.97. The first-order valence-corrected chi connectivity index (χ1v) is 9.36. The van der Waals surface area contributed by atoms with E-state index < -0.39 is 16.0 Å². The summed E-state index contributed by atoms with van der Waals surface area (Å²) in [7, 11) is 0.826. The first-order valence-electron chi connectivity index (χ1n) is 7.92. The van der Waals surface area contributed by atoms with Crippen LogP contribution in [0.15, 0.2) is 29.2 Å². The molecule has 1 aromatic rings. The van der Waals surface area contributed by atoms with Crippen molar-refractivity contribution in [3.63, 3.8) is 0 Å². The Labute approximate surface area is 147 Å². The average molecular weight is 369 g/mol. The molecule has 1 aromatic carbocycles. The molecule has 1 N–H and O–H groups in total. The number of piperidine rings is 1. The molecule has 1 aliphatic heterocycles. The zero-order valence-corrected chi connectivity index (χ0v) is 15.4. The van der Waals surface area contributed by atoms with Crippen LogP contribution in [0.25, 0.3) is 0 Å². The third kappa shape index (κ3) is 4.36. The smallest absolute Gasteiger partial charge is 0.339 e. The molecule has 0 aromatic heterocycles. The van der Waals surface area contributed by atoms with E-state index in [9.17, 15) is 18.0 Å². The first-order chi connectivity index (χ1) is 11.8. The molecule has 0 unspecified atom stereocenters. The molecule has 1 fully saturated rings. The number of carbonyl (C=O) groups excluding carboxylic acids is 2. The highest BCUT2D eigenvalue weighted by Crippen LogP contribution is 2.26. The standard InChI is InChI=1S/C16H23N3O5S/c1-18(2)17-15(20)12-8-10-19(11-9-12)25(22,23)14-7-5-4-6-13(14)16(21)24-3/h4-7,12H,8-11H2,1-3H3,(H,17,20). The van der Waals surface area contributed by atoms with Crippen molar-refractivity contribution < 1.29 is 22.7 Å². The van der Waals surface area contributed by atoms with Crippen LogP contribution in [0, 0.1) is 5.92 Å². The maximum atomic E-state index is 12.9. The lowest BCUT2D eigenvalue weighted by Crippen LogP contribution is -2.46. The zero-order valence-electron chi connectivity index (χ0n) is 14.6. The van der Waals surface area contributed by atoms with Crippen LogP contribution >= 0.6 is 0 Å². The number of ether oxygens (including phenoxy) is 1. The fourth-order valence-corrected chi connectivity index (χ4v) is 4.43. The number of hydrogen-bond donors (Lipinski definition) is 1. The molecule has 0 saturated carbocycles. The number of rotatable bonds is 5. The Hall–Kier alpha value is -1.97. The van der Waals surface area contributed by atoms with Gasteiger partial charge in [0, 0.05) is 33.1 Å². The second-order valence-corrected chi connectivity index (χ2v) is 7.94. The van der Waals surface area contributed by atoms with Crippen molar-refractivity contribution in [2.75, 3.05) is 34.3 Å². The highest BCUT2D eigenvalue weighted by Gasteiger charge is 2.34. The number of nitrogens with one attached hydrogen (secondary N) is 1. The minimum Gasteiger partial charge on any atom is -0.465 e. The lowest BCUT2D eigenvalue weighted by molar-refractivity contribution is -0.130. The largest absolute Gasteiger partial charge is 0.465 e. The van der Waals surface area contributed by atoms with E-state index in [0.29, 0.717) is 12.8 Å². The monoisotopic (exact) mass is 369 g/mol. The molecule has 2 rings (SSSR count). The van der Waals surface area contributed by atoms with E-state index in [0.717, 1.165) is 0 Å². The quantitative estimate of drug-likeness (QED) is 0.599. The highest BCUT2D eigenvalue weighted by molar-refractivity contribution is 7.89. The number of sulfonamides is 1. The van der Waals surface area contributed by atoms with Crippen molar-refractivity contribution in [3.8, 4) is 0 Å². The van der Waals surface area contributed by atoms with Crippen LogP contribution in [0.4, 0.5) is 0 Å². The van der Waals surface area contributed by atoms with Gasteiger partial charge in [-0.15, -0.1) is 0 Å². The second-order valence-electron chi connectivity index (χ2n) is 6.04. The van der Waals surface area contributed by atoms with Gasteiger partial charge in [0.05, 0.1) is 17.6 Å². The molecular weight excluding hydrogens is 346 g/mol. The minimum absolute atomic E-state index is 0.0116. The van der Waals surface area contributed by atoms with Crippen LogP contribution in [0.3, 0.4) is 0 Å². The lowest BCUT2D eigenvalue weighted by atomic mass is 9.98. The fraction of sp³-hybridized carbons (Fsp3) is 0.500. The third-order valence-electron chi connectivity index (χ3n) is 4.07. The van der Waals surface area contributed by atoms with Crippen molar-refractivity contribution in [2.45, 2.75) is 17.7 Å². The molecule has 0 aliphatic carbocycles. The van der Waals surface area contributed by atoms with Gasteiger partial charge in [0.25, 0.3) is 0 Å². The molecule has 1 amide bonds. The first kappa shape index (κ1) is 19.4. The molecule has 1 heterocycles. The number of esters is 1. The van der Waals surface area contributed by atoms with E-state index in [2.05, 4.69) is 10.2 Å². The molecular formula is C16H23N3O5S. The summed E-state index contributed by atoms with van der Waals surface area (Å²) in [5, 5.41) is 1.57. The highest BCUT2D eigenvalue weighted by atomic mass is 32.2. The van der Waals surface area contributed by atoms with E-state index in [1.54, 1.807) is 31.2 Å². The summed E-state index contributed by atoms with van der Waals surface area (Å²) in [6.45, 7) is 0.451. The summed E-state index contributed by atoms with van der Waals surface area (Å²) in [4.78, 5) is 23.8. The van der Waals surface area contributed by atoms with Crippen LogP contribution in [0.5, 0.6) is 0 Å². The number of benzene rings is 1. The van der Waals surface area contributed by atoms with E-state index in [4.69, 9.17) is 0 Å². The Balaban J connectivity index is 2.15. The van der Waals surface area contributed by atoms with Crippen LogP contribution in [-0.2, 0) is 19.6 Å². The summed E-state index contributed by atoms with van der Waals surface area (Å²) in [5.74, 6) is -1.04. The van der Waals surface area contributed by atoms with Crippen LogP contribution < -0.4 is 5.43 Å². The van der Waals surface area contributed by atoms with E-state index in [-0.39, 0.29) is 35.4 Å². The Morgan fingerprint density at radius 2 is 1.80 bits per heavy atom. The zero-order chi connectivity index (χ0) is 18.6. The predicted molar refractivity (Wildman–Crippen MR) is 91.1 cm³/mol. The Kier molecular flexibility index (Phi) is 6.15. The van der Waals surface area contributed by atoms with Gasteiger partial charge in [-0.1, -0.05) is 12.1 Å². The van der Waals surface area contributed by atoms with Gasteiger partial charge in [-0.3, -0.25) is 10.2 Å². The summed E-state index contributed by atoms with van der Waals surface area (Å²) >= 11 is 0. The van der Waals surface area contributed by atoms with Gasteiger partial charge in [0.1, 0.15) is 0 Å². The van der Waals surface area contributed by atoms with Gasteiger partial charge in [0.2, 0.25) is 15.9 Å². The van der Waals surface area contributed by atoms with Crippen molar-refractivity contribution >= 4 is 21.9 Å². The van der Waals surface area contributed by atoms with Crippen molar-refractivity contribution in [1.82, 2.24) is 14.7 Å². The second kappa shape index (κ2) is 7.94. The lowest BCUT2D eigenvalue weighted by Gasteiger charge is -2.31. The molecule has 8 nitrogen and oxygen atoms in total. The van der Waals surface area contributed by atoms with Gasteiger partial charge < -0.3 is 4.74 Å². The number of hydrogen-bond acceptors (Lipinski definition) is 6. The number of amides is 1. The maximum Gasteiger partial charge on any atom is 0.339 e. The molecule has 25 heavy (non-hydrogen) atoms. The van der Waals surface area contributed by atoms with E-state index in [1.165, 1.54) is 23.5 Å². The Morgan fingerprint density at radius 1 is 1.20 bits per heavy atom. The normalized spacial score (nSPS) is 16.6. The third-order valence-corrected chi connectivity index (χ3v) is 6.03. The van der Waals surface area contributed by atoms with Crippen molar-refractivity contribution in [3.05, 3.63) is 29.8 Å². The Morgan fingerprint density at radius 3 is 2.36 bits per heavy atom. The molecule has 1 saturated heterocycles. The van der Waals surface area contributed by atoms with Crippen molar-refractivity contribution in [1.29, 1.82) is 0 Å². The molecule has 0 radical (unpaired) electrons. The van der Waals surface area contributed by atoms with E-state index >= 15 is 0 Å². The number of methoxy groups -OCH3 is 1. The SMILES string of the molecule is COC(=O)c1ccccc1S(=O)(=O)N1CCC(C(=O)NN(C)C)CC1. The Bertz CT molecular complexity index is 740. The number of carbonyl (C=O) groups is 2. The predicted octanol–water partition coefficient (Wildman–Crippen LogP) is 0.467. The average Bonchev–Trinajstić information content (AvgIpc) is 2.60. The molecule has 1 aliphatic rings. The van der Waals surface area contributed by atoms with Crippen LogP contribution in [0.2, 0.25) is 0 Å². The van der Waals surface area contributed by atoms with Gasteiger partial charge in [-0.25, -0.2) is 18.2 Å². The van der Waals surface area contributed by atoms with Gasteiger partial charge >= 0.3 is 5.97 Å². The van der Waals surface area contributed by atoms with Gasteiger partial charge in [0.15, 0.2) is 0 Å². The topological polar surface area (TPSA) is 96.0 Å². The minimum atomic E-state index is -3.83. The molecule has 138 valence electrons. The van der Waals surface area contributed by atoms with E-state index in [1.807, 2.05) is 0 Å². The number of nitrogens with zero attached hydrogens (tertiary/aromatic N) is 2. The number of hydrazine groups is 1. The summed E-state index contributed by atoms with van der Waals surface area (Å²) in [6.07, 6.45) is 0.860. The van der Waals surface area contributed by atoms with Gasteiger partial charge in [-0.2, -0.15) is 4.31 Å². The molecule has 9 heteroatoms. The van der Waals surface area contributed by atoms with Crippen molar-refractivity contribution in [2.24, 2.45) is 5.92 Å². The van der Waals surface area contributed by atoms with Gasteiger partial charge in [-0.05, 0) is 25.0 Å². The van der Waals surface area contributed by atoms with Crippen LogP contribution in [-0.4, -0.2) is 63.9 Å². The maximum absolute atomic E-state index is 12.9. The van der Waals surface area contributed by atoms with Crippen LogP contribution in [0.1, 0.15) is 23.2 Å². The molecule has 0 bridgehead atoms.